The molecule has 1 aliphatic carbocycles. The summed E-state index contributed by atoms with van der Waals surface area (Å²) in [6.45, 7) is 44.5. The van der Waals surface area contributed by atoms with Gasteiger partial charge in [0.1, 0.15) is 22.6 Å². The topological polar surface area (TPSA) is 223 Å². The van der Waals surface area contributed by atoms with Gasteiger partial charge in [0.05, 0.1) is 33.4 Å². The number of urea groups is 1. The van der Waals surface area contributed by atoms with Gasteiger partial charge in [0.25, 0.3) is 40.6 Å². The summed E-state index contributed by atoms with van der Waals surface area (Å²) in [4.78, 5) is 148. The van der Waals surface area contributed by atoms with E-state index in [9.17, 15) is 53.1 Å². The van der Waals surface area contributed by atoms with Crippen LogP contribution >= 0.6 is 130 Å². The molecule has 9 heterocycles. The summed E-state index contributed by atoms with van der Waals surface area (Å²) < 4.78 is 10.3. The normalized spacial score (nSPS) is 18.9. The van der Waals surface area contributed by atoms with E-state index in [0.29, 0.717) is 74.4 Å². The standard InChI is InChI=1S/C21H27NO2S3.C21H19NO2S2.C19H22N2O3S2.C19H22N2O2S3.C19H15NO3S.C3H6.CH4.W/c1-5-6-7-8-9-12-22-18(23)17(24-20(22)25)19-26-15-11-10-14(21(2,3)4)13-16(15)27-19;1-21(2,3)12-9-10-15-16(11-12)26-20(25-15)17-18(23)13-7-5-6-8-14(13)22(4)19(17)24;2*1-6-20-15(22)14(16(23)21(7-2)18(20)24)17-25-12-9-8-11(19(3,4)5)10-13(12)26-17;1-2-20-13-9-5-6-10-14(13)24-18(20)16-15(19(22)23)11-7-3-4-8-12(11)17(16)21;1-3-2;;/h10-11,13H,5-9,12H2,1-4H3;5-11H,1-4H3;2*8-10H,6-7H2,1-5H3;3-10,15H,2H2,1H3,(H,22,23);1-2H3;1H4;/b19-17-;20-17-;;;18-16-;;;. The third-order valence-electron chi connectivity index (χ3n) is 22.7. The number of hydrogen-bond acceptors (Lipinski definition) is 23. The molecule has 0 radical (unpaired) electrons. The molecule has 9 aliphatic heterocycles. The third-order valence-corrected chi connectivity index (χ3v) is 34.8. The zero-order valence-electron chi connectivity index (χ0n) is 78.7. The van der Waals surface area contributed by atoms with Crippen molar-refractivity contribution < 1.29 is 77.1 Å². The molecule has 1 unspecified atom stereocenters. The summed E-state index contributed by atoms with van der Waals surface area (Å²) in [5.41, 5.74) is 9.63. The number of Topliss-reactive ketones (excluding diaryl/α,β-unsaturated/α-hetero) is 2. The van der Waals surface area contributed by atoms with Gasteiger partial charge in [-0.3, -0.25) is 67.7 Å². The van der Waals surface area contributed by atoms with Gasteiger partial charge >= 0.3 is 49.1 Å². The van der Waals surface area contributed by atoms with E-state index in [1.54, 1.807) is 104 Å². The first-order chi connectivity index (χ1) is 62.8. The molecule has 0 spiro atoms. The second kappa shape index (κ2) is 44.4. The number of carboxylic acid groups (broad SMARTS) is 1. The Bertz CT molecular complexity index is 5950. The molecule has 3 saturated heterocycles. The van der Waals surface area contributed by atoms with E-state index in [1.165, 1.54) is 147 Å². The number of anilines is 2. The van der Waals surface area contributed by atoms with Crippen molar-refractivity contribution in [1.82, 2.24) is 24.5 Å². The van der Waals surface area contributed by atoms with E-state index in [4.69, 9.17) is 29.2 Å². The molecule has 19 nitrogen and oxygen atoms in total. The molecule has 10 aliphatic rings. The van der Waals surface area contributed by atoms with Gasteiger partial charge in [0.2, 0.25) is 11.5 Å². The number of likely N-dealkylation sites (N-methyl/N-ethyl adjacent to an activating group) is 5. The number of nitrogens with zero attached hydrogens (tertiary/aromatic N) is 7. The molecule has 17 rings (SSSR count). The van der Waals surface area contributed by atoms with Crippen LogP contribution in [0.5, 0.6) is 0 Å². The van der Waals surface area contributed by atoms with Crippen molar-refractivity contribution in [2.24, 2.45) is 0 Å². The van der Waals surface area contributed by atoms with Crippen LogP contribution in [0.3, 0.4) is 0 Å². The number of benzene rings is 7. The molecule has 0 aromatic heterocycles. The molecule has 7 aromatic rings. The monoisotopic (exact) mass is 2180 g/mol. The van der Waals surface area contributed by atoms with Crippen LogP contribution in [0.15, 0.2) is 240 Å². The number of thiocarbonyl (C=S) groups is 2. The molecule has 1 atom stereocenters. The van der Waals surface area contributed by atoms with E-state index < -0.39 is 29.7 Å². The maximum atomic E-state index is 13.0. The molecule has 3 fully saturated rings. The van der Waals surface area contributed by atoms with Gasteiger partial charge in [-0.1, -0.05) is 302 Å². The van der Waals surface area contributed by atoms with E-state index in [0.717, 1.165) is 80.3 Å². The van der Waals surface area contributed by atoms with Crippen molar-refractivity contribution in [3.8, 4) is 0 Å². The number of carbonyl (C=O) groups excluding carboxylic acids is 9. The number of ketones is 2. The van der Waals surface area contributed by atoms with Crippen LogP contribution < -0.4 is 9.80 Å². The van der Waals surface area contributed by atoms with Crippen LogP contribution in [0.2, 0.25) is 0 Å². The van der Waals surface area contributed by atoms with Crippen LogP contribution in [0.25, 0.3) is 0 Å². The van der Waals surface area contributed by atoms with E-state index in [2.05, 4.69) is 171 Å². The molecular weight excluding hydrogens is 2060 g/mol. The van der Waals surface area contributed by atoms with Crippen molar-refractivity contribution in [3.05, 3.63) is 235 Å². The molecule has 134 heavy (non-hydrogen) atoms. The molecule has 31 heteroatoms. The summed E-state index contributed by atoms with van der Waals surface area (Å²) in [6.07, 6.45) is 5.75. The molecule has 8 amide bonds. The van der Waals surface area contributed by atoms with Gasteiger partial charge in [-0.05, 0) is 188 Å². The number of ether oxygens (including phenoxy) is 1. The number of unbranched alkanes of at least 4 members (excludes halogenated alkanes) is 4. The van der Waals surface area contributed by atoms with Gasteiger partial charge < -0.3 is 19.6 Å². The Kier molecular flexibility index (Phi) is 35.3. The Morgan fingerprint density at radius 2 is 0.769 bits per heavy atom. The second-order valence-electron chi connectivity index (χ2n) is 36.4. The quantitative estimate of drug-likeness (QED) is 0.0519. The average molecular weight is 2180 g/mol. The van der Waals surface area contributed by atoms with E-state index >= 15 is 0 Å². The third kappa shape index (κ3) is 22.9. The summed E-state index contributed by atoms with van der Waals surface area (Å²) in [7, 11) is 1.73. The maximum absolute atomic E-state index is 13.0. The number of carbonyl (C=O) groups is 10. The van der Waals surface area contributed by atoms with Gasteiger partial charge in [0.15, 0.2) is 10.9 Å². The van der Waals surface area contributed by atoms with Crippen LogP contribution in [0.4, 0.5) is 16.2 Å². The number of hydrogen-bond donors (Lipinski definition) is 1. The number of carboxylic acids is 1. The van der Waals surface area contributed by atoms with Crippen molar-refractivity contribution >= 4 is 215 Å². The zero-order valence-corrected chi connectivity index (χ0v) is 90.6. The minimum absolute atomic E-state index is 0. The molecular formula is C103H115N7O12S11W. The van der Waals surface area contributed by atoms with Gasteiger partial charge in [-0.25, -0.2) is 4.79 Å². The number of rotatable bonds is 12. The van der Waals surface area contributed by atoms with Crippen molar-refractivity contribution in [2.45, 2.75) is 250 Å². The summed E-state index contributed by atoms with van der Waals surface area (Å²) in [5.74, 6) is -3.72. The number of imide groups is 2. The number of fused-ring (bicyclic) bond motifs is 7. The fourth-order valence-electron chi connectivity index (χ4n) is 15.3. The number of barbiturate groups is 1. The molecule has 706 valence electrons. The summed E-state index contributed by atoms with van der Waals surface area (Å²) in [5, 5.41) is 11.1. The van der Waals surface area contributed by atoms with Crippen LogP contribution in [-0.4, -0.2) is 149 Å². The van der Waals surface area contributed by atoms with Crippen molar-refractivity contribution in [1.29, 1.82) is 0 Å². The first-order valence-corrected chi connectivity index (χ1v) is 53.9. The summed E-state index contributed by atoms with van der Waals surface area (Å²) >= 11 is 25.9. The predicted molar refractivity (Wildman–Crippen MR) is 558 cm³/mol. The first-order valence-electron chi connectivity index (χ1n) is 44.2. The number of aliphatic carboxylic acids is 1. The molecule has 0 saturated carbocycles. The first kappa shape index (κ1) is 106. The predicted octanol–water partition coefficient (Wildman–Crippen LogP) is 25.6. The van der Waals surface area contributed by atoms with Crippen LogP contribution in [0, 0.1) is 0 Å². The second-order valence-corrected chi connectivity index (χ2v) is 50.5. The Morgan fingerprint density at radius 1 is 0.403 bits per heavy atom. The van der Waals surface area contributed by atoms with E-state index in [-0.39, 0.29) is 94.1 Å². The van der Waals surface area contributed by atoms with Gasteiger partial charge in [-0.15, -0.1) is 0 Å². The minimum atomic E-state index is -0.983. The number of para-hydroxylation sites is 2. The van der Waals surface area contributed by atoms with Crippen molar-refractivity contribution in [3.63, 3.8) is 0 Å². The fourth-order valence-corrected chi connectivity index (χ4v) is 27.4. The SMILES string of the molecule is C.CCCCCCCN1C(=O)/C(=C2\Sc3ccc(C(C)(C)C)cc3S2)OC1=S.CCN1/C(=C2/C(=O)c3ccccc3C2C(=O)O)Sc2ccccc21.CCN1C(=O)C(=C2Sc3ccc(C(C)(C)C)cc3S2)C(=O)N(CC)C1=O.CCN1C(=O)C(=C2Sc3ccc(C(C)(C)C)cc3S2)C(=O)N(CC)C1=S.CN1C(=O)/C(=C2/Sc3ccc(C(C)(C)C)cc3S2)C(=O)c2ccccc21.C[C](C)=[W]. The van der Waals surface area contributed by atoms with Crippen molar-refractivity contribution in [2.75, 3.05) is 56.1 Å². The molecule has 0 bridgehead atoms. The number of amides is 8. The molecule has 1 N–H and O–H groups in total. The van der Waals surface area contributed by atoms with Crippen LogP contribution in [-0.2, 0) is 79.3 Å². The number of thioether (sulfide) groups is 9. The van der Waals surface area contributed by atoms with E-state index in [1.807, 2.05) is 74.2 Å². The Hall–Kier alpha value is -7.97. The zero-order chi connectivity index (χ0) is 97.1. The van der Waals surface area contributed by atoms with Gasteiger partial charge in [0, 0.05) is 107 Å². The van der Waals surface area contributed by atoms with Gasteiger partial charge in [-0.2, -0.15) is 0 Å². The average Bonchev–Trinajstić information content (AvgIpc) is 1.58. The Labute approximate surface area is 848 Å². The molecule has 7 aromatic carbocycles. The fraction of sp³-hybridized carbons (Fsp3) is 0.369. The summed E-state index contributed by atoms with van der Waals surface area (Å²) in [6, 6.07) is 47.2. The Morgan fingerprint density at radius 3 is 1.19 bits per heavy atom. The van der Waals surface area contributed by atoms with Crippen LogP contribution in [0.1, 0.15) is 232 Å². The Balaban J connectivity index is 0.000000159.